The molecule has 5 rings (SSSR count). The van der Waals surface area contributed by atoms with Gasteiger partial charge in [0.15, 0.2) is 5.65 Å². The molecule has 2 aliphatic carbocycles. The Morgan fingerprint density at radius 3 is 2.64 bits per heavy atom. The Bertz CT molecular complexity index is 1000. The molecule has 0 unspecified atom stereocenters. The Balaban J connectivity index is 1.67. The van der Waals surface area contributed by atoms with Crippen molar-refractivity contribution in [3.8, 4) is 0 Å². The van der Waals surface area contributed by atoms with Gasteiger partial charge in [0.2, 0.25) is 10.0 Å². The molecule has 0 radical (unpaired) electrons. The second kappa shape index (κ2) is 4.53. The van der Waals surface area contributed by atoms with Crippen LogP contribution in [-0.2, 0) is 16.2 Å². The van der Waals surface area contributed by atoms with Crippen molar-refractivity contribution in [3.05, 3.63) is 23.7 Å². The van der Waals surface area contributed by atoms with Gasteiger partial charge in [0.25, 0.3) is 0 Å². The zero-order valence-electron chi connectivity index (χ0n) is 13.2. The maximum atomic E-state index is 13.2. The number of fused-ring (bicyclic) bond motifs is 6. The summed E-state index contributed by atoms with van der Waals surface area (Å²) >= 11 is 0. The van der Waals surface area contributed by atoms with E-state index in [0.29, 0.717) is 28.8 Å². The Morgan fingerprint density at radius 2 is 2.00 bits per heavy atom. The Morgan fingerprint density at radius 1 is 1.24 bits per heavy atom. The van der Waals surface area contributed by atoms with E-state index in [1.54, 1.807) is 0 Å². The van der Waals surface area contributed by atoms with Crippen molar-refractivity contribution in [1.29, 1.82) is 0 Å². The molecule has 0 aromatic carbocycles. The summed E-state index contributed by atoms with van der Waals surface area (Å²) in [5.41, 5.74) is -1.26. The molecule has 3 fully saturated rings. The minimum atomic E-state index is -4.64. The molecule has 2 aromatic rings. The molecule has 10 heteroatoms. The zero-order chi connectivity index (χ0) is 17.7. The highest BCUT2D eigenvalue weighted by Crippen LogP contribution is 2.62. The first kappa shape index (κ1) is 15.6. The molecule has 2 bridgehead atoms. The Kier molecular flexibility index (Phi) is 2.82. The van der Waals surface area contributed by atoms with Gasteiger partial charge in [0, 0.05) is 18.8 Å². The van der Waals surface area contributed by atoms with Crippen LogP contribution < -0.4 is 0 Å². The van der Waals surface area contributed by atoms with Crippen LogP contribution in [0.2, 0.25) is 0 Å². The summed E-state index contributed by atoms with van der Waals surface area (Å²) in [7, 11) is -3.93. The average Bonchev–Trinajstić information content (AvgIpc) is 2.94. The van der Waals surface area contributed by atoms with E-state index in [4.69, 9.17) is 0 Å². The number of piperidine rings is 1. The first-order chi connectivity index (χ1) is 11.7. The molecule has 4 atom stereocenters. The number of aryl methyl sites for hydroxylation is 1. The maximum Gasteiger partial charge on any atom is 0.433 e. The number of sulfonamides is 1. The summed E-state index contributed by atoms with van der Waals surface area (Å²) in [5, 5.41) is 3.84. The standard InChI is InChI=1S/C15H15F3N4O2S/c1-7-13(14-19-3-2-12(15(16,17)18)22(14)20-7)25(23,24)21-6-8-4-11(21)10-5-9(8)10/h2-3,8-11H,4-6H2,1H3/t8-,9-,10-,11-/m0/s1. The van der Waals surface area contributed by atoms with Gasteiger partial charge in [-0.1, -0.05) is 0 Å². The van der Waals surface area contributed by atoms with Gasteiger partial charge < -0.3 is 0 Å². The number of hydrogen-bond donors (Lipinski definition) is 0. The lowest BCUT2D eigenvalue weighted by Crippen LogP contribution is -2.39. The topological polar surface area (TPSA) is 67.6 Å². The number of halogens is 3. The molecule has 1 saturated heterocycles. The zero-order valence-corrected chi connectivity index (χ0v) is 14.0. The average molecular weight is 372 g/mol. The van der Waals surface area contributed by atoms with Gasteiger partial charge in [-0.3, -0.25) is 0 Å². The van der Waals surface area contributed by atoms with Gasteiger partial charge in [-0.15, -0.1) is 0 Å². The van der Waals surface area contributed by atoms with Crippen LogP contribution in [0.4, 0.5) is 13.2 Å². The molecule has 3 aliphatic rings. The van der Waals surface area contributed by atoms with Crippen LogP contribution in [0.1, 0.15) is 24.2 Å². The molecular weight excluding hydrogens is 357 g/mol. The number of alkyl halides is 3. The molecule has 2 saturated carbocycles. The van der Waals surface area contributed by atoms with Crippen molar-refractivity contribution < 1.29 is 21.6 Å². The van der Waals surface area contributed by atoms with E-state index in [0.717, 1.165) is 25.1 Å². The minimum absolute atomic E-state index is 0.0276. The van der Waals surface area contributed by atoms with E-state index < -0.39 is 21.9 Å². The Labute approximate surface area is 141 Å². The van der Waals surface area contributed by atoms with Crippen molar-refractivity contribution in [2.24, 2.45) is 17.8 Å². The molecular formula is C15H15F3N4O2S. The van der Waals surface area contributed by atoms with Gasteiger partial charge >= 0.3 is 6.18 Å². The predicted molar refractivity (Wildman–Crippen MR) is 80.1 cm³/mol. The van der Waals surface area contributed by atoms with E-state index in [1.165, 1.54) is 11.2 Å². The fourth-order valence-corrected chi connectivity index (χ4v) is 6.73. The van der Waals surface area contributed by atoms with Crippen molar-refractivity contribution in [2.75, 3.05) is 6.54 Å². The fraction of sp³-hybridized carbons (Fsp3) is 0.600. The summed E-state index contributed by atoms with van der Waals surface area (Å²) < 4.78 is 68.0. The maximum absolute atomic E-state index is 13.2. The van der Waals surface area contributed by atoms with Crippen molar-refractivity contribution in [3.63, 3.8) is 0 Å². The van der Waals surface area contributed by atoms with Crippen LogP contribution in [0.5, 0.6) is 0 Å². The minimum Gasteiger partial charge on any atom is -0.236 e. The van der Waals surface area contributed by atoms with Crippen LogP contribution >= 0.6 is 0 Å². The third kappa shape index (κ3) is 1.97. The van der Waals surface area contributed by atoms with E-state index in [9.17, 15) is 21.6 Å². The highest BCUT2D eigenvalue weighted by molar-refractivity contribution is 7.89. The Hall–Kier alpha value is -1.68. The van der Waals surface area contributed by atoms with Gasteiger partial charge in [0.1, 0.15) is 10.6 Å². The quantitative estimate of drug-likeness (QED) is 0.810. The number of hydrogen-bond acceptors (Lipinski definition) is 4. The second-order valence-electron chi connectivity index (χ2n) is 7.18. The van der Waals surface area contributed by atoms with Crippen molar-refractivity contribution >= 4 is 15.7 Å². The van der Waals surface area contributed by atoms with Crippen LogP contribution in [0.15, 0.2) is 17.2 Å². The largest absolute Gasteiger partial charge is 0.433 e. The monoisotopic (exact) mass is 372 g/mol. The molecule has 134 valence electrons. The lowest BCUT2D eigenvalue weighted by Gasteiger charge is -2.25. The summed E-state index contributed by atoms with van der Waals surface area (Å²) in [5.74, 6) is 1.43. The van der Waals surface area contributed by atoms with Crippen LogP contribution in [-0.4, -0.2) is 39.9 Å². The molecule has 3 heterocycles. The van der Waals surface area contributed by atoms with E-state index in [2.05, 4.69) is 10.1 Å². The SMILES string of the molecule is Cc1nn2c(C(F)(F)F)ccnc2c1S(=O)(=O)N1C[C@@H]2C[C@H]1[C@H]1C[C@@H]21. The molecule has 0 spiro atoms. The fourth-order valence-electron chi connectivity index (χ4n) is 4.73. The third-order valence-corrected chi connectivity index (χ3v) is 7.85. The normalized spacial score (nSPS) is 31.7. The molecule has 1 aliphatic heterocycles. The molecule has 0 N–H and O–H groups in total. The summed E-state index contributed by atoms with van der Waals surface area (Å²) in [4.78, 5) is 3.69. The summed E-state index contributed by atoms with van der Waals surface area (Å²) in [6, 6.07) is 0.766. The lowest BCUT2D eigenvalue weighted by atomic mass is 10.1. The third-order valence-electron chi connectivity index (χ3n) is 5.82. The molecule has 6 nitrogen and oxygen atoms in total. The van der Waals surface area contributed by atoms with Crippen LogP contribution in [0, 0.1) is 24.7 Å². The van der Waals surface area contributed by atoms with Gasteiger partial charge in [-0.05, 0) is 43.6 Å². The number of rotatable bonds is 2. The number of nitrogens with zero attached hydrogens (tertiary/aromatic N) is 4. The smallest absolute Gasteiger partial charge is 0.236 e. The van der Waals surface area contributed by atoms with Crippen molar-refractivity contribution in [2.45, 2.75) is 36.9 Å². The highest BCUT2D eigenvalue weighted by atomic mass is 32.2. The van der Waals surface area contributed by atoms with Crippen LogP contribution in [0.3, 0.4) is 0 Å². The number of aromatic nitrogens is 3. The predicted octanol–water partition coefficient (Wildman–Crippen LogP) is 2.09. The highest BCUT2D eigenvalue weighted by Gasteiger charge is 2.63. The van der Waals surface area contributed by atoms with E-state index >= 15 is 0 Å². The van der Waals surface area contributed by atoms with Crippen molar-refractivity contribution in [1.82, 2.24) is 18.9 Å². The molecule has 0 amide bonds. The van der Waals surface area contributed by atoms with Gasteiger partial charge in [-0.25, -0.2) is 17.9 Å². The first-order valence-electron chi connectivity index (χ1n) is 8.13. The molecule has 25 heavy (non-hydrogen) atoms. The van der Waals surface area contributed by atoms with E-state index in [1.807, 2.05) is 0 Å². The second-order valence-corrected chi connectivity index (χ2v) is 9.01. The van der Waals surface area contributed by atoms with Crippen LogP contribution in [0.25, 0.3) is 5.65 Å². The first-order valence-corrected chi connectivity index (χ1v) is 9.57. The molecule has 2 aromatic heterocycles. The summed E-state index contributed by atoms with van der Waals surface area (Å²) in [6.45, 7) is 1.86. The van der Waals surface area contributed by atoms with E-state index in [-0.39, 0.29) is 22.3 Å². The summed E-state index contributed by atoms with van der Waals surface area (Å²) in [6.07, 6.45) is -1.75. The van der Waals surface area contributed by atoms with Gasteiger partial charge in [0.05, 0.1) is 5.69 Å². The van der Waals surface area contributed by atoms with Gasteiger partial charge in [-0.2, -0.15) is 22.6 Å². The lowest BCUT2D eigenvalue weighted by molar-refractivity contribution is -0.142.